The monoisotopic (exact) mass is 301 g/mol. The van der Waals surface area contributed by atoms with Crippen LogP contribution in [-0.4, -0.2) is 18.4 Å². The van der Waals surface area contributed by atoms with Crippen molar-refractivity contribution in [3.05, 3.63) is 54.3 Å². The van der Waals surface area contributed by atoms with E-state index >= 15 is 0 Å². The third-order valence-electron chi connectivity index (χ3n) is 2.78. The van der Waals surface area contributed by atoms with Gasteiger partial charge >= 0.3 is 0 Å². The molecule has 2 aromatic rings. The summed E-state index contributed by atoms with van der Waals surface area (Å²) in [4.78, 5) is 22.8. The molecule has 0 heterocycles. The van der Waals surface area contributed by atoms with Gasteiger partial charge in [0.2, 0.25) is 11.8 Å². The van der Waals surface area contributed by atoms with E-state index in [0.29, 0.717) is 11.4 Å². The molecule has 2 rings (SSSR count). The summed E-state index contributed by atoms with van der Waals surface area (Å²) in [5.74, 6) is -1.02. The minimum atomic E-state index is -0.483. The summed E-state index contributed by atoms with van der Waals surface area (Å²) in [6.07, 6.45) is 0. The molecule has 0 bridgehead atoms. The number of rotatable bonds is 5. The van der Waals surface area contributed by atoms with E-state index in [4.69, 9.17) is 0 Å². The van der Waals surface area contributed by atoms with Crippen molar-refractivity contribution in [3.8, 4) is 0 Å². The second-order valence-corrected chi connectivity index (χ2v) is 4.64. The summed E-state index contributed by atoms with van der Waals surface area (Å²) in [7, 11) is 0. The smallest absolute Gasteiger partial charge is 0.243 e. The van der Waals surface area contributed by atoms with Crippen molar-refractivity contribution in [2.75, 3.05) is 22.5 Å². The summed E-state index contributed by atoms with van der Waals surface area (Å²) >= 11 is 0. The molecule has 0 fully saturated rings. The highest BCUT2D eigenvalue weighted by atomic mass is 19.1. The van der Waals surface area contributed by atoms with Gasteiger partial charge in [0.15, 0.2) is 0 Å². The molecule has 0 unspecified atom stereocenters. The quantitative estimate of drug-likeness (QED) is 0.795. The van der Waals surface area contributed by atoms with Crippen LogP contribution in [-0.2, 0) is 9.59 Å². The molecule has 2 amide bonds. The lowest BCUT2D eigenvalue weighted by atomic mass is 10.2. The number of carbonyl (C=O) groups is 2. The minimum absolute atomic E-state index is 0.0160. The van der Waals surface area contributed by atoms with Gasteiger partial charge in [-0.05, 0) is 30.3 Å². The Labute approximate surface area is 127 Å². The third-order valence-corrected chi connectivity index (χ3v) is 2.78. The zero-order valence-electron chi connectivity index (χ0n) is 12.0. The molecule has 0 saturated carbocycles. The molecule has 0 atom stereocenters. The molecule has 6 heteroatoms. The van der Waals surface area contributed by atoms with Crippen LogP contribution in [0.1, 0.15) is 6.92 Å². The van der Waals surface area contributed by atoms with E-state index in [1.165, 1.54) is 19.1 Å². The molecular formula is C16H16FN3O2. The average molecular weight is 301 g/mol. The summed E-state index contributed by atoms with van der Waals surface area (Å²) < 4.78 is 13.4. The SMILES string of the molecule is CC(=O)Nc1cccc(NCC(=O)Nc2ccccc2F)c1. The van der Waals surface area contributed by atoms with Crippen molar-refractivity contribution in [3.63, 3.8) is 0 Å². The topological polar surface area (TPSA) is 70.2 Å². The Kier molecular flexibility index (Phi) is 5.08. The average Bonchev–Trinajstić information content (AvgIpc) is 2.47. The predicted octanol–water partition coefficient (Wildman–Crippen LogP) is 2.83. The lowest BCUT2D eigenvalue weighted by Crippen LogP contribution is -2.22. The molecule has 0 spiro atoms. The van der Waals surface area contributed by atoms with E-state index < -0.39 is 5.82 Å². The highest BCUT2D eigenvalue weighted by Crippen LogP contribution is 2.15. The highest BCUT2D eigenvalue weighted by Gasteiger charge is 2.06. The van der Waals surface area contributed by atoms with Crippen molar-refractivity contribution in [1.29, 1.82) is 0 Å². The normalized spacial score (nSPS) is 9.91. The number of amides is 2. The Hall–Kier alpha value is -2.89. The Morgan fingerprint density at radius 2 is 1.73 bits per heavy atom. The lowest BCUT2D eigenvalue weighted by Gasteiger charge is -2.10. The maximum Gasteiger partial charge on any atom is 0.243 e. The number of para-hydroxylation sites is 1. The van der Waals surface area contributed by atoms with Gasteiger partial charge in [0.1, 0.15) is 5.82 Å². The second-order valence-electron chi connectivity index (χ2n) is 4.64. The standard InChI is InChI=1S/C16H16FN3O2/c1-11(21)19-13-6-4-5-12(9-13)18-10-16(22)20-15-8-3-2-7-14(15)17/h2-9,18H,10H2,1H3,(H,19,21)(H,20,22). The number of nitrogens with one attached hydrogen (secondary N) is 3. The highest BCUT2D eigenvalue weighted by molar-refractivity contribution is 5.94. The minimum Gasteiger partial charge on any atom is -0.376 e. The van der Waals surface area contributed by atoms with Gasteiger partial charge in [-0.3, -0.25) is 9.59 Å². The van der Waals surface area contributed by atoms with Crippen LogP contribution in [0.5, 0.6) is 0 Å². The molecule has 0 aliphatic rings. The fourth-order valence-electron chi connectivity index (χ4n) is 1.85. The largest absolute Gasteiger partial charge is 0.376 e. The predicted molar refractivity (Wildman–Crippen MR) is 84.3 cm³/mol. The van der Waals surface area contributed by atoms with Crippen molar-refractivity contribution < 1.29 is 14.0 Å². The van der Waals surface area contributed by atoms with Crippen molar-refractivity contribution >= 4 is 28.9 Å². The van der Waals surface area contributed by atoms with Gasteiger partial charge in [0.05, 0.1) is 12.2 Å². The van der Waals surface area contributed by atoms with Crippen LogP contribution in [0.2, 0.25) is 0 Å². The third kappa shape index (κ3) is 4.59. The van der Waals surface area contributed by atoms with Gasteiger partial charge < -0.3 is 16.0 Å². The summed E-state index contributed by atoms with van der Waals surface area (Å²) in [6.45, 7) is 1.40. The first-order chi connectivity index (χ1) is 10.5. The molecule has 0 saturated heterocycles. The molecule has 0 radical (unpaired) electrons. The zero-order chi connectivity index (χ0) is 15.9. The summed E-state index contributed by atoms with van der Waals surface area (Å²) in [5.41, 5.74) is 1.45. The molecule has 0 aliphatic heterocycles. The van der Waals surface area contributed by atoms with E-state index in [1.54, 1.807) is 36.4 Å². The van der Waals surface area contributed by atoms with E-state index in [2.05, 4.69) is 16.0 Å². The molecule has 2 aromatic carbocycles. The first-order valence-electron chi connectivity index (χ1n) is 6.70. The Bertz CT molecular complexity index is 689. The Morgan fingerprint density at radius 3 is 2.45 bits per heavy atom. The summed E-state index contributed by atoms with van der Waals surface area (Å²) in [5, 5.41) is 8.04. The van der Waals surface area contributed by atoms with E-state index in [0.717, 1.165) is 0 Å². The van der Waals surface area contributed by atoms with Crippen molar-refractivity contribution in [2.45, 2.75) is 6.92 Å². The first-order valence-corrected chi connectivity index (χ1v) is 6.70. The van der Waals surface area contributed by atoms with Gasteiger partial charge in [0.25, 0.3) is 0 Å². The van der Waals surface area contributed by atoms with Crippen LogP contribution >= 0.6 is 0 Å². The zero-order valence-corrected chi connectivity index (χ0v) is 12.0. The fraction of sp³-hybridized carbons (Fsp3) is 0.125. The van der Waals surface area contributed by atoms with Gasteiger partial charge in [0, 0.05) is 18.3 Å². The van der Waals surface area contributed by atoms with Crippen LogP contribution < -0.4 is 16.0 Å². The van der Waals surface area contributed by atoms with Crippen molar-refractivity contribution in [1.82, 2.24) is 0 Å². The molecule has 3 N–H and O–H groups in total. The van der Waals surface area contributed by atoms with Crippen molar-refractivity contribution in [2.24, 2.45) is 0 Å². The molecular weight excluding hydrogens is 285 g/mol. The molecule has 0 aromatic heterocycles. The van der Waals surface area contributed by atoms with Crippen LogP contribution in [0.15, 0.2) is 48.5 Å². The van der Waals surface area contributed by atoms with E-state index in [1.807, 2.05) is 0 Å². The summed E-state index contributed by atoms with van der Waals surface area (Å²) in [6, 6.07) is 12.9. The van der Waals surface area contributed by atoms with Gasteiger partial charge in [-0.1, -0.05) is 18.2 Å². The van der Waals surface area contributed by atoms with E-state index in [9.17, 15) is 14.0 Å². The first kappa shape index (κ1) is 15.5. The molecule has 5 nitrogen and oxygen atoms in total. The number of carbonyl (C=O) groups excluding carboxylic acids is 2. The molecule has 22 heavy (non-hydrogen) atoms. The number of halogens is 1. The Morgan fingerprint density at radius 1 is 1.00 bits per heavy atom. The second kappa shape index (κ2) is 7.21. The number of anilines is 3. The van der Waals surface area contributed by atoms with Crippen LogP contribution in [0.3, 0.4) is 0 Å². The van der Waals surface area contributed by atoms with Gasteiger partial charge in [-0.25, -0.2) is 4.39 Å². The Balaban J connectivity index is 1.91. The van der Waals surface area contributed by atoms with E-state index in [-0.39, 0.29) is 24.0 Å². The number of hydrogen-bond acceptors (Lipinski definition) is 3. The van der Waals surface area contributed by atoms with Gasteiger partial charge in [-0.15, -0.1) is 0 Å². The molecule has 0 aliphatic carbocycles. The van der Waals surface area contributed by atoms with Gasteiger partial charge in [-0.2, -0.15) is 0 Å². The van der Waals surface area contributed by atoms with Crippen LogP contribution in [0.25, 0.3) is 0 Å². The van der Waals surface area contributed by atoms with Crippen LogP contribution in [0, 0.1) is 5.82 Å². The maximum absolute atomic E-state index is 13.4. The lowest BCUT2D eigenvalue weighted by molar-refractivity contribution is -0.115. The fourth-order valence-corrected chi connectivity index (χ4v) is 1.85. The number of benzene rings is 2. The molecule has 114 valence electrons. The number of hydrogen-bond donors (Lipinski definition) is 3. The van der Waals surface area contributed by atoms with Crippen LogP contribution in [0.4, 0.5) is 21.5 Å². The maximum atomic E-state index is 13.4.